The molecule has 0 spiro atoms. The van der Waals surface area contributed by atoms with Crippen molar-refractivity contribution >= 4 is 39.3 Å². The SMILES string of the molecule is CCCCn1nc(C)c(/C=C/C(=O)Nc2ccc(S(=O)(=O)NC(C)COC)cc2)c1Cl. The van der Waals surface area contributed by atoms with Crippen LogP contribution in [0.1, 0.15) is 37.9 Å². The second kappa shape index (κ2) is 11.4. The number of hydrogen-bond donors (Lipinski definition) is 2. The zero-order valence-electron chi connectivity index (χ0n) is 18.2. The largest absolute Gasteiger partial charge is 0.383 e. The first-order chi connectivity index (χ1) is 14.7. The topological polar surface area (TPSA) is 102 Å². The molecule has 10 heteroatoms. The number of rotatable bonds is 11. The lowest BCUT2D eigenvalue weighted by atomic mass is 10.2. The van der Waals surface area contributed by atoms with Gasteiger partial charge in [-0.1, -0.05) is 24.9 Å². The van der Waals surface area contributed by atoms with E-state index in [1.54, 1.807) is 17.7 Å². The van der Waals surface area contributed by atoms with Crippen LogP contribution in [0.2, 0.25) is 5.15 Å². The Morgan fingerprint density at radius 1 is 1.32 bits per heavy atom. The Morgan fingerprint density at radius 3 is 2.61 bits per heavy atom. The van der Waals surface area contributed by atoms with Crippen LogP contribution in [-0.4, -0.2) is 43.9 Å². The molecule has 0 radical (unpaired) electrons. The normalized spacial score (nSPS) is 12.9. The van der Waals surface area contributed by atoms with E-state index in [2.05, 4.69) is 22.1 Å². The van der Waals surface area contributed by atoms with Gasteiger partial charge in [0.2, 0.25) is 15.9 Å². The number of carbonyl (C=O) groups excluding carboxylic acids is 1. The van der Waals surface area contributed by atoms with Crippen molar-refractivity contribution in [2.75, 3.05) is 19.0 Å². The van der Waals surface area contributed by atoms with E-state index in [1.807, 2.05) is 6.92 Å². The number of carbonyl (C=O) groups is 1. The van der Waals surface area contributed by atoms with Crippen LogP contribution >= 0.6 is 11.6 Å². The van der Waals surface area contributed by atoms with Crippen LogP contribution in [0.15, 0.2) is 35.2 Å². The molecule has 1 atom stereocenters. The van der Waals surface area contributed by atoms with E-state index in [0.29, 0.717) is 16.4 Å². The highest BCUT2D eigenvalue weighted by molar-refractivity contribution is 7.89. The van der Waals surface area contributed by atoms with Crippen molar-refractivity contribution in [3.63, 3.8) is 0 Å². The Balaban J connectivity index is 2.03. The van der Waals surface area contributed by atoms with Gasteiger partial charge in [-0.2, -0.15) is 5.10 Å². The lowest BCUT2D eigenvalue weighted by Crippen LogP contribution is -2.35. The molecule has 0 saturated carbocycles. The summed E-state index contributed by atoms with van der Waals surface area (Å²) in [7, 11) is -2.16. The maximum atomic E-state index is 12.4. The fourth-order valence-corrected chi connectivity index (χ4v) is 4.44. The van der Waals surface area contributed by atoms with E-state index in [9.17, 15) is 13.2 Å². The maximum absolute atomic E-state index is 12.4. The van der Waals surface area contributed by atoms with E-state index in [1.165, 1.54) is 37.5 Å². The lowest BCUT2D eigenvalue weighted by molar-refractivity contribution is -0.111. The van der Waals surface area contributed by atoms with Crippen LogP contribution in [0.25, 0.3) is 6.08 Å². The number of methoxy groups -OCH3 is 1. The van der Waals surface area contributed by atoms with Crippen LogP contribution in [0.4, 0.5) is 5.69 Å². The monoisotopic (exact) mass is 468 g/mol. The van der Waals surface area contributed by atoms with E-state index in [4.69, 9.17) is 16.3 Å². The molecule has 0 aliphatic carbocycles. The second-order valence-electron chi connectivity index (χ2n) is 7.19. The first-order valence-electron chi connectivity index (χ1n) is 10.0. The number of sulfonamides is 1. The summed E-state index contributed by atoms with van der Waals surface area (Å²) >= 11 is 6.37. The molecule has 8 nitrogen and oxygen atoms in total. The fraction of sp³-hybridized carbons (Fsp3) is 0.429. The van der Waals surface area contributed by atoms with E-state index in [0.717, 1.165) is 25.1 Å². The predicted molar refractivity (Wildman–Crippen MR) is 123 cm³/mol. The summed E-state index contributed by atoms with van der Waals surface area (Å²) in [6, 6.07) is 5.56. The Labute approximate surface area is 188 Å². The van der Waals surface area contributed by atoms with Crippen LogP contribution in [-0.2, 0) is 26.1 Å². The van der Waals surface area contributed by atoms with Gasteiger partial charge in [-0.05, 0) is 50.6 Å². The molecule has 31 heavy (non-hydrogen) atoms. The van der Waals surface area contributed by atoms with E-state index in [-0.39, 0.29) is 23.5 Å². The molecule has 1 amide bonds. The number of halogens is 1. The summed E-state index contributed by atoms with van der Waals surface area (Å²) in [5, 5.41) is 7.61. The zero-order valence-corrected chi connectivity index (χ0v) is 19.8. The van der Waals surface area contributed by atoms with Crippen molar-refractivity contribution in [1.29, 1.82) is 0 Å². The van der Waals surface area contributed by atoms with Crippen LogP contribution in [0.3, 0.4) is 0 Å². The predicted octanol–water partition coefficient (Wildman–Crippen LogP) is 3.61. The summed E-state index contributed by atoms with van der Waals surface area (Å²) < 4.78 is 33.9. The van der Waals surface area contributed by atoms with Crippen LogP contribution < -0.4 is 10.0 Å². The van der Waals surface area contributed by atoms with Gasteiger partial charge in [0.05, 0.1) is 17.2 Å². The van der Waals surface area contributed by atoms with Crippen molar-refractivity contribution < 1.29 is 17.9 Å². The number of aryl methyl sites for hydroxylation is 2. The number of nitrogens with zero attached hydrogens (tertiary/aromatic N) is 2. The lowest BCUT2D eigenvalue weighted by Gasteiger charge is -2.13. The number of anilines is 1. The highest BCUT2D eigenvalue weighted by Crippen LogP contribution is 2.22. The molecule has 2 rings (SSSR count). The summed E-state index contributed by atoms with van der Waals surface area (Å²) in [6.07, 6.45) is 5.00. The molecule has 1 unspecified atom stereocenters. The molecule has 0 aliphatic rings. The Morgan fingerprint density at radius 2 is 2.00 bits per heavy atom. The number of unbranched alkanes of at least 4 members (excludes halogenated alkanes) is 1. The molecule has 170 valence electrons. The molecule has 0 fully saturated rings. The number of amides is 1. The van der Waals surface area contributed by atoms with Crippen molar-refractivity contribution in [1.82, 2.24) is 14.5 Å². The molecule has 2 aromatic rings. The minimum atomic E-state index is -3.67. The van der Waals surface area contributed by atoms with Gasteiger partial charge in [-0.25, -0.2) is 13.1 Å². The number of nitrogens with one attached hydrogen (secondary N) is 2. The number of hydrogen-bond acceptors (Lipinski definition) is 5. The van der Waals surface area contributed by atoms with Crippen LogP contribution in [0, 0.1) is 6.92 Å². The maximum Gasteiger partial charge on any atom is 0.248 e. The average Bonchev–Trinajstić information content (AvgIpc) is 2.97. The van der Waals surface area contributed by atoms with Gasteiger partial charge >= 0.3 is 0 Å². The van der Waals surface area contributed by atoms with Crippen molar-refractivity contribution in [3.8, 4) is 0 Å². The molecule has 1 aromatic carbocycles. The highest BCUT2D eigenvalue weighted by Gasteiger charge is 2.17. The standard InChI is InChI=1S/C21H29ClN4O4S/c1-5-6-13-26-21(22)19(16(3)24-26)11-12-20(27)23-17-7-9-18(10-8-17)31(28,29)25-15(2)14-30-4/h7-12,15,25H,5-6,13-14H2,1-4H3,(H,23,27)/b12-11+. The van der Waals surface area contributed by atoms with E-state index >= 15 is 0 Å². The van der Waals surface area contributed by atoms with Crippen LogP contribution in [0.5, 0.6) is 0 Å². The number of ether oxygens (including phenoxy) is 1. The quantitative estimate of drug-likeness (QED) is 0.490. The van der Waals surface area contributed by atoms with Gasteiger partial charge in [0, 0.05) is 37.0 Å². The molecule has 0 bridgehead atoms. The number of aromatic nitrogens is 2. The molecular formula is C21H29ClN4O4S. The highest BCUT2D eigenvalue weighted by atomic mass is 35.5. The van der Waals surface area contributed by atoms with Crippen molar-refractivity contribution in [2.24, 2.45) is 0 Å². The molecule has 1 heterocycles. The summed E-state index contributed by atoms with van der Waals surface area (Å²) in [6.45, 7) is 6.64. The number of benzene rings is 1. The molecule has 1 aromatic heterocycles. The summed E-state index contributed by atoms with van der Waals surface area (Å²) in [5.41, 5.74) is 1.92. The second-order valence-corrected chi connectivity index (χ2v) is 9.26. The van der Waals surface area contributed by atoms with Gasteiger partial charge in [0.1, 0.15) is 5.15 Å². The minimum Gasteiger partial charge on any atom is -0.383 e. The third kappa shape index (κ3) is 7.17. The van der Waals surface area contributed by atoms with E-state index < -0.39 is 10.0 Å². The van der Waals surface area contributed by atoms with Gasteiger partial charge in [0.15, 0.2) is 0 Å². The molecule has 0 aliphatic heterocycles. The van der Waals surface area contributed by atoms with Gasteiger partial charge < -0.3 is 10.1 Å². The van der Waals surface area contributed by atoms with Gasteiger partial charge in [-0.15, -0.1) is 0 Å². The molecule has 2 N–H and O–H groups in total. The average molecular weight is 469 g/mol. The Bertz CT molecular complexity index is 1020. The molecular weight excluding hydrogens is 440 g/mol. The minimum absolute atomic E-state index is 0.103. The van der Waals surface area contributed by atoms with Crippen molar-refractivity contribution in [3.05, 3.63) is 46.8 Å². The Kier molecular flexibility index (Phi) is 9.24. The summed E-state index contributed by atoms with van der Waals surface area (Å²) in [4.78, 5) is 12.4. The fourth-order valence-electron chi connectivity index (χ4n) is 2.89. The Hall–Kier alpha value is -2.20. The zero-order chi connectivity index (χ0) is 23.0. The third-order valence-electron chi connectivity index (χ3n) is 4.44. The first-order valence-corrected chi connectivity index (χ1v) is 11.9. The van der Waals surface area contributed by atoms with Gasteiger partial charge in [-0.3, -0.25) is 9.48 Å². The molecule has 0 saturated heterocycles. The first kappa shape index (κ1) is 25.1. The smallest absolute Gasteiger partial charge is 0.248 e. The van der Waals surface area contributed by atoms with Crippen molar-refractivity contribution in [2.45, 2.75) is 51.1 Å². The van der Waals surface area contributed by atoms with Gasteiger partial charge in [0.25, 0.3) is 0 Å². The third-order valence-corrected chi connectivity index (χ3v) is 6.44. The summed E-state index contributed by atoms with van der Waals surface area (Å²) in [5.74, 6) is -0.362.